The molecule has 1 fully saturated rings. The van der Waals surface area contributed by atoms with Crippen LogP contribution in [0.4, 0.5) is 0 Å². The number of ether oxygens (including phenoxy) is 3. The summed E-state index contributed by atoms with van der Waals surface area (Å²) in [6.07, 6.45) is 1.11. The van der Waals surface area contributed by atoms with Gasteiger partial charge in [-0.05, 0) is 61.1 Å². The van der Waals surface area contributed by atoms with Crippen molar-refractivity contribution in [2.24, 2.45) is 10.7 Å². The van der Waals surface area contributed by atoms with E-state index in [0.717, 1.165) is 54.6 Å². The highest BCUT2D eigenvalue weighted by Gasteiger charge is 2.42. The predicted octanol–water partition coefficient (Wildman–Crippen LogP) is 1.04. The highest BCUT2D eigenvalue weighted by Crippen LogP contribution is 2.27. The number of hydrogen-bond donors (Lipinski definition) is 3. The van der Waals surface area contributed by atoms with E-state index in [9.17, 15) is 37.8 Å². The second kappa shape index (κ2) is 15.8. The number of rotatable bonds is 13. The highest BCUT2D eigenvalue weighted by atomic mass is 32.2. The lowest BCUT2D eigenvalue weighted by Gasteiger charge is -2.30. The van der Waals surface area contributed by atoms with Crippen LogP contribution in [0.3, 0.4) is 0 Å². The minimum Gasteiger partial charge on any atom is -0.507 e. The Morgan fingerprint density at radius 3 is 2.29 bits per heavy atom. The Morgan fingerprint density at radius 2 is 1.71 bits per heavy atom. The van der Waals surface area contributed by atoms with Crippen molar-refractivity contribution in [1.29, 1.82) is 0 Å². The summed E-state index contributed by atoms with van der Waals surface area (Å²) in [6.45, 7) is 8.12. The van der Waals surface area contributed by atoms with Gasteiger partial charge in [-0.1, -0.05) is 38.1 Å². The maximum atomic E-state index is 14.0. The molecule has 0 saturated carbocycles. The SMILES string of the molecule is CC(=O)OC(C)(C)C(=O)OC(N)(O)C(=O)N=Cc1ccc(O)c(S(=O)(=O)N(CCc2ccc(C(C)C)cc2)CC(=O)N2CCOCC2)c1. The van der Waals surface area contributed by atoms with Crippen LogP contribution in [-0.4, -0.2) is 109 Å². The van der Waals surface area contributed by atoms with Crippen LogP contribution in [0.25, 0.3) is 0 Å². The predicted molar refractivity (Wildman–Crippen MR) is 172 cm³/mol. The van der Waals surface area contributed by atoms with Crippen molar-refractivity contribution in [2.45, 2.75) is 63.4 Å². The average molecular weight is 691 g/mol. The van der Waals surface area contributed by atoms with Gasteiger partial charge >= 0.3 is 23.8 Å². The van der Waals surface area contributed by atoms with Crippen LogP contribution in [0.1, 0.15) is 57.2 Å². The first-order valence-corrected chi connectivity index (χ1v) is 16.6. The van der Waals surface area contributed by atoms with Crippen molar-refractivity contribution in [3.05, 3.63) is 59.2 Å². The third kappa shape index (κ3) is 10.1. The zero-order chi connectivity index (χ0) is 35.9. The Hall–Kier alpha value is -4.22. The van der Waals surface area contributed by atoms with E-state index in [0.29, 0.717) is 32.2 Å². The van der Waals surface area contributed by atoms with Gasteiger partial charge in [-0.15, -0.1) is 0 Å². The lowest BCUT2D eigenvalue weighted by atomic mass is 10.0. The molecule has 2 amide bonds. The Labute approximate surface area is 279 Å². The fourth-order valence-electron chi connectivity index (χ4n) is 4.56. The molecule has 16 heteroatoms. The molecule has 262 valence electrons. The first kappa shape index (κ1) is 38.2. The largest absolute Gasteiger partial charge is 0.507 e. The highest BCUT2D eigenvalue weighted by molar-refractivity contribution is 7.89. The van der Waals surface area contributed by atoms with Gasteiger partial charge in [-0.3, -0.25) is 20.1 Å². The molecule has 1 atom stereocenters. The molecule has 1 unspecified atom stereocenters. The summed E-state index contributed by atoms with van der Waals surface area (Å²) in [4.78, 5) is 53.7. The Balaban J connectivity index is 1.86. The van der Waals surface area contributed by atoms with Gasteiger partial charge in [-0.25, -0.2) is 18.2 Å². The van der Waals surface area contributed by atoms with E-state index in [1.165, 1.54) is 11.0 Å². The van der Waals surface area contributed by atoms with E-state index in [2.05, 4.69) is 23.6 Å². The molecule has 0 bridgehead atoms. The summed E-state index contributed by atoms with van der Waals surface area (Å²) in [6, 6.07) is 11.0. The smallest absolute Gasteiger partial charge is 0.353 e. The van der Waals surface area contributed by atoms with Gasteiger partial charge in [0.25, 0.3) is 0 Å². The van der Waals surface area contributed by atoms with Crippen molar-refractivity contribution >= 4 is 40.0 Å². The summed E-state index contributed by atoms with van der Waals surface area (Å²) >= 11 is 0. The molecule has 0 spiro atoms. The number of morpholine rings is 1. The third-order valence-corrected chi connectivity index (χ3v) is 9.22. The number of carbonyl (C=O) groups excluding carboxylic acids is 4. The number of nitrogens with zero attached hydrogens (tertiary/aromatic N) is 3. The molecule has 2 aromatic rings. The maximum absolute atomic E-state index is 14.0. The van der Waals surface area contributed by atoms with Crippen molar-refractivity contribution in [3.63, 3.8) is 0 Å². The number of sulfonamides is 1. The topological polar surface area (TPSA) is 215 Å². The first-order valence-electron chi connectivity index (χ1n) is 15.1. The second-order valence-corrected chi connectivity index (χ2v) is 13.9. The maximum Gasteiger partial charge on any atom is 0.353 e. The summed E-state index contributed by atoms with van der Waals surface area (Å²) in [5, 5.41) is 20.9. The average Bonchev–Trinajstić information content (AvgIpc) is 3.01. The molecule has 0 aliphatic carbocycles. The Bertz CT molecular complexity index is 1630. The van der Waals surface area contributed by atoms with Crippen LogP contribution in [0.15, 0.2) is 52.4 Å². The summed E-state index contributed by atoms with van der Waals surface area (Å²) < 4.78 is 43.7. The number of hydrogen-bond acceptors (Lipinski definition) is 12. The lowest BCUT2D eigenvalue weighted by Crippen LogP contribution is -2.54. The third-order valence-electron chi connectivity index (χ3n) is 7.35. The normalized spacial score (nSPS) is 15.4. The van der Waals surface area contributed by atoms with Gasteiger partial charge in [0.15, 0.2) is 0 Å². The molecular formula is C32H42N4O11S. The number of benzene rings is 2. The Morgan fingerprint density at radius 1 is 1.08 bits per heavy atom. The van der Waals surface area contributed by atoms with E-state index in [4.69, 9.17) is 15.2 Å². The second-order valence-electron chi connectivity index (χ2n) is 12.0. The van der Waals surface area contributed by atoms with Gasteiger partial charge < -0.3 is 29.3 Å². The van der Waals surface area contributed by atoms with Gasteiger partial charge in [0.2, 0.25) is 21.5 Å². The number of esters is 2. The number of aliphatic imine (C=N–C) groups is 1. The molecule has 1 aliphatic rings. The molecule has 48 heavy (non-hydrogen) atoms. The van der Waals surface area contributed by atoms with E-state index < -0.39 is 62.5 Å². The van der Waals surface area contributed by atoms with Gasteiger partial charge in [0.1, 0.15) is 10.6 Å². The number of carbonyl (C=O) groups is 4. The monoisotopic (exact) mass is 690 g/mol. The van der Waals surface area contributed by atoms with Crippen LogP contribution in [0.2, 0.25) is 0 Å². The zero-order valence-electron chi connectivity index (χ0n) is 27.5. The molecule has 15 nitrogen and oxygen atoms in total. The van der Waals surface area contributed by atoms with Crippen molar-refractivity contribution in [2.75, 3.05) is 39.4 Å². The van der Waals surface area contributed by atoms with Crippen LogP contribution in [-0.2, 0) is 49.8 Å². The van der Waals surface area contributed by atoms with Crippen LogP contribution in [0.5, 0.6) is 5.75 Å². The molecule has 1 aliphatic heterocycles. The van der Waals surface area contributed by atoms with Crippen LogP contribution in [0, 0.1) is 0 Å². The number of aliphatic hydroxyl groups is 1. The van der Waals surface area contributed by atoms with Gasteiger partial charge in [0, 0.05) is 32.8 Å². The first-order chi connectivity index (χ1) is 22.3. The summed E-state index contributed by atoms with van der Waals surface area (Å²) in [5.41, 5.74) is 5.49. The molecule has 0 radical (unpaired) electrons. The van der Waals surface area contributed by atoms with Crippen LogP contribution >= 0.6 is 0 Å². The van der Waals surface area contributed by atoms with E-state index >= 15 is 0 Å². The lowest BCUT2D eigenvalue weighted by molar-refractivity contribution is -0.221. The molecule has 3 rings (SSSR count). The summed E-state index contributed by atoms with van der Waals surface area (Å²) in [7, 11) is -4.52. The zero-order valence-corrected chi connectivity index (χ0v) is 28.4. The summed E-state index contributed by atoms with van der Waals surface area (Å²) in [5.74, 6) is -7.73. The number of phenols is 1. The number of aromatic hydroxyl groups is 1. The quantitative estimate of drug-likeness (QED) is 0.153. The van der Waals surface area contributed by atoms with Gasteiger partial charge in [-0.2, -0.15) is 4.31 Å². The minimum atomic E-state index is -4.52. The molecule has 2 aromatic carbocycles. The number of amides is 2. The van der Waals surface area contributed by atoms with Gasteiger partial charge in [0.05, 0.1) is 19.8 Å². The number of phenolic OH excluding ortho intramolecular Hbond substituents is 1. The van der Waals surface area contributed by atoms with E-state index in [1.54, 1.807) is 0 Å². The minimum absolute atomic E-state index is 0.0224. The molecule has 0 aromatic heterocycles. The Kier molecular flexibility index (Phi) is 12.6. The van der Waals surface area contributed by atoms with E-state index in [-0.39, 0.29) is 18.5 Å². The molecule has 1 saturated heterocycles. The molecule has 4 N–H and O–H groups in total. The number of nitrogens with two attached hydrogens (primary N) is 1. The fraction of sp³-hybridized carbons (Fsp3) is 0.469. The van der Waals surface area contributed by atoms with Crippen LogP contribution < -0.4 is 5.73 Å². The van der Waals surface area contributed by atoms with E-state index in [1.807, 2.05) is 24.3 Å². The molecular weight excluding hydrogens is 648 g/mol. The molecule has 1 heterocycles. The fourth-order valence-corrected chi connectivity index (χ4v) is 6.07. The van der Waals surface area contributed by atoms with Crippen molar-refractivity contribution in [1.82, 2.24) is 9.21 Å². The van der Waals surface area contributed by atoms with Crippen molar-refractivity contribution < 1.29 is 52.0 Å². The standard InChI is InChI=1S/C32H42N4O11S/c1-21(2)25-9-6-23(7-10-25)12-13-36(20-28(39)35-14-16-45-17-15-35)48(43,44)27-18-24(8-11-26(27)38)19-34-29(40)32(33,42)47-30(41)31(4,5)46-22(3)37/h6-11,18-19,21,38,42H,12-17,20,33H2,1-5H3. The van der Waals surface area contributed by atoms with Crippen molar-refractivity contribution in [3.8, 4) is 5.75 Å².